The molecule has 10 heteroatoms. The minimum atomic E-state index is -4.39. The van der Waals surface area contributed by atoms with Gasteiger partial charge in [-0.2, -0.15) is 0 Å². The van der Waals surface area contributed by atoms with E-state index in [4.69, 9.17) is 18.5 Å². The lowest BCUT2D eigenvalue weighted by atomic mass is 10.0. The van der Waals surface area contributed by atoms with Crippen molar-refractivity contribution >= 4 is 19.8 Å². The van der Waals surface area contributed by atoms with E-state index in [2.05, 4.69) is 86.8 Å². The van der Waals surface area contributed by atoms with Crippen LogP contribution in [0.5, 0.6) is 0 Å². The molecule has 550 valence electrons. The summed E-state index contributed by atoms with van der Waals surface area (Å²) in [5.74, 6) is -0.773. The van der Waals surface area contributed by atoms with Gasteiger partial charge in [0.1, 0.15) is 19.8 Å². The van der Waals surface area contributed by atoms with Crippen LogP contribution in [0.2, 0.25) is 0 Å². The number of phosphoric acid groups is 1. The third-order valence-electron chi connectivity index (χ3n) is 18.3. The summed E-state index contributed by atoms with van der Waals surface area (Å²) in [4.78, 5) is 36.0. The van der Waals surface area contributed by atoms with E-state index in [1.54, 1.807) is 0 Å². The summed E-state index contributed by atoms with van der Waals surface area (Å²) in [6.45, 7) is 4.39. The molecule has 0 spiro atoms. The molecule has 0 radical (unpaired) electrons. The molecule has 9 nitrogen and oxygen atoms in total. The number of carbonyl (C=O) groups is 2. The maximum Gasteiger partial charge on any atom is 0.472 e. The number of esters is 2. The minimum Gasteiger partial charge on any atom is -0.462 e. The molecule has 0 heterocycles. The lowest BCUT2D eigenvalue weighted by molar-refractivity contribution is -0.870. The maximum absolute atomic E-state index is 12.9. The monoisotopic (exact) mass is 1340 g/mol. The van der Waals surface area contributed by atoms with Gasteiger partial charge in [0.05, 0.1) is 27.7 Å². The van der Waals surface area contributed by atoms with E-state index < -0.39 is 26.5 Å². The molecule has 0 saturated carbocycles. The average Bonchev–Trinajstić information content (AvgIpc) is 1.57. The van der Waals surface area contributed by atoms with Crippen LogP contribution < -0.4 is 0 Å². The molecule has 0 bridgehead atoms. The van der Waals surface area contributed by atoms with Crippen molar-refractivity contribution in [1.29, 1.82) is 0 Å². The number of quaternary nitrogens is 1. The summed E-state index contributed by atoms with van der Waals surface area (Å²) >= 11 is 0. The van der Waals surface area contributed by atoms with E-state index in [0.717, 1.165) is 70.6 Å². The number of nitrogens with zero attached hydrogens (tertiary/aromatic N) is 1. The fourth-order valence-electron chi connectivity index (χ4n) is 12.1. The third-order valence-corrected chi connectivity index (χ3v) is 19.2. The highest BCUT2D eigenvalue weighted by atomic mass is 31.2. The fraction of sp³-hybridized carbons (Fsp3) is 0.833. The molecule has 94 heavy (non-hydrogen) atoms. The number of carbonyl (C=O) groups excluding carboxylic acids is 2. The van der Waals surface area contributed by atoms with Crippen molar-refractivity contribution in [1.82, 2.24) is 0 Å². The highest BCUT2D eigenvalue weighted by molar-refractivity contribution is 7.47. The van der Waals surface area contributed by atoms with Crippen molar-refractivity contribution in [3.05, 3.63) is 72.9 Å². The smallest absolute Gasteiger partial charge is 0.462 e. The number of unbranched alkanes of at least 4 members (excludes halogenated alkanes) is 50. The molecule has 1 N–H and O–H groups in total. The molecule has 0 amide bonds. The number of hydrogen-bond donors (Lipinski definition) is 1. The Morgan fingerprint density at radius 2 is 0.606 bits per heavy atom. The van der Waals surface area contributed by atoms with Gasteiger partial charge in [0.25, 0.3) is 0 Å². The molecule has 2 unspecified atom stereocenters. The first-order valence-electron chi connectivity index (χ1n) is 40.7. The number of allylic oxidation sites excluding steroid dienone is 12. The van der Waals surface area contributed by atoms with Crippen LogP contribution in [0.15, 0.2) is 72.9 Å². The van der Waals surface area contributed by atoms with Gasteiger partial charge in [-0.3, -0.25) is 18.6 Å². The normalized spacial score (nSPS) is 13.4. The zero-order valence-electron chi connectivity index (χ0n) is 63.0. The van der Waals surface area contributed by atoms with Crippen molar-refractivity contribution in [2.75, 3.05) is 47.5 Å². The van der Waals surface area contributed by atoms with Crippen molar-refractivity contribution < 1.29 is 42.1 Å². The van der Waals surface area contributed by atoms with Crippen LogP contribution in [0.25, 0.3) is 0 Å². The first kappa shape index (κ1) is 91.4. The van der Waals surface area contributed by atoms with Gasteiger partial charge in [0, 0.05) is 12.8 Å². The van der Waals surface area contributed by atoms with Gasteiger partial charge in [-0.05, 0) is 64.2 Å². The Morgan fingerprint density at radius 1 is 0.340 bits per heavy atom. The average molecular weight is 1340 g/mol. The van der Waals surface area contributed by atoms with Crippen LogP contribution in [-0.4, -0.2) is 74.9 Å². The van der Waals surface area contributed by atoms with Crippen molar-refractivity contribution in [3.8, 4) is 0 Å². The molecule has 0 aliphatic rings. The summed E-state index contributed by atoms with van der Waals surface area (Å²) < 4.78 is 34.8. The van der Waals surface area contributed by atoms with Gasteiger partial charge in [0.2, 0.25) is 0 Å². The Hall–Kier alpha value is -2.55. The zero-order valence-corrected chi connectivity index (χ0v) is 63.9. The van der Waals surface area contributed by atoms with Crippen LogP contribution >= 0.6 is 7.82 Å². The topological polar surface area (TPSA) is 108 Å². The Labute approximate surface area is 584 Å². The largest absolute Gasteiger partial charge is 0.472 e. The Balaban J connectivity index is 3.90. The van der Waals surface area contributed by atoms with Crippen LogP contribution in [0.1, 0.15) is 399 Å². The van der Waals surface area contributed by atoms with Crippen molar-refractivity contribution in [3.63, 3.8) is 0 Å². The van der Waals surface area contributed by atoms with Gasteiger partial charge in [0.15, 0.2) is 6.10 Å². The number of rotatable bonds is 76. The Morgan fingerprint density at radius 3 is 0.904 bits per heavy atom. The molecule has 0 rings (SSSR count). The Kier molecular flexibility index (Phi) is 72.6. The van der Waals surface area contributed by atoms with E-state index in [-0.39, 0.29) is 25.6 Å². The molecule has 0 aromatic carbocycles. The van der Waals surface area contributed by atoms with Crippen LogP contribution in [0.3, 0.4) is 0 Å². The second kappa shape index (κ2) is 74.7. The molecular weight excluding hydrogens is 1180 g/mol. The molecule has 2 atom stereocenters. The molecular formula is C84H157NO8P+. The highest BCUT2D eigenvalue weighted by Crippen LogP contribution is 2.43. The molecule has 0 aliphatic heterocycles. The van der Waals surface area contributed by atoms with Crippen molar-refractivity contribution in [2.45, 2.75) is 405 Å². The molecule has 0 aliphatic carbocycles. The van der Waals surface area contributed by atoms with E-state index in [9.17, 15) is 19.0 Å². The number of likely N-dealkylation sites (N-methyl/N-ethyl adjacent to an activating group) is 1. The van der Waals surface area contributed by atoms with Gasteiger partial charge < -0.3 is 18.9 Å². The van der Waals surface area contributed by atoms with E-state index in [0.29, 0.717) is 23.9 Å². The van der Waals surface area contributed by atoms with Crippen molar-refractivity contribution in [2.24, 2.45) is 0 Å². The summed E-state index contributed by atoms with van der Waals surface area (Å²) in [7, 11) is 1.50. The predicted molar refractivity (Wildman–Crippen MR) is 409 cm³/mol. The van der Waals surface area contributed by atoms with Crippen LogP contribution in [0, 0.1) is 0 Å². The highest BCUT2D eigenvalue weighted by Gasteiger charge is 2.27. The predicted octanol–water partition coefficient (Wildman–Crippen LogP) is 27.1. The summed E-state index contributed by atoms with van der Waals surface area (Å²) in [6.07, 6.45) is 102. The minimum absolute atomic E-state index is 0.0342. The van der Waals surface area contributed by atoms with Gasteiger partial charge in [-0.25, -0.2) is 4.57 Å². The molecule has 0 fully saturated rings. The lowest BCUT2D eigenvalue weighted by Crippen LogP contribution is -2.37. The summed E-state index contributed by atoms with van der Waals surface area (Å²) in [5, 5.41) is 0. The summed E-state index contributed by atoms with van der Waals surface area (Å²) in [5.41, 5.74) is 0. The second-order valence-corrected chi connectivity index (χ2v) is 30.2. The van der Waals surface area contributed by atoms with E-state index in [1.165, 1.54) is 295 Å². The lowest BCUT2D eigenvalue weighted by Gasteiger charge is -2.24. The molecule has 0 aromatic heterocycles. The quantitative estimate of drug-likeness (QED) is 0.0211. The first-order valence-corrected chi connectivity index (χ1v) is 42.2. The standard InChI is InChI=1S/C84H156NO8P/c1-6-8-10-12-14-16-18-20-22-24-26-28-30-32-34-36-37-38-39-40-41-42-43-44-45-46-47-49-51-53-55-57-59-61-63-65-67-69-71-73-75-77-84(87)93-82(81-92-94(88,89)91-79-78-85(3,4)5)80-90-83(86)76-74-72-70-68-66-64-62-60-58-56-54-52-50-48-35-33-31-29-27-25-23-21-19-17-15-13-11-9-7-2/h8,10,14,16,20,22,26,28,32,34,37-38,82H,6-7,9,11-13,15,17-19,21,23-25,27,29-31,33,35-36,39-81H2,1-5H3/p+1/b10-8-,16-14-,22-20-,28-26-,34-32-,38-37-. The van der Waals surface area contributed by atoms with Crippen LogP contribution in [0.4, 0.5) is 0 Å². The zero-order chi connectivity index (χ0) is 68.3. The second-order valence-electron chi connectivity index (χ2n) is 28.8. The molecule has 0 aromatic rings. The SMILES string of the molecule is CC/C=C\C/C=C\C/C=C\C/C=C\C/C=C\C/C=C\CCCCCCCCCCCCCCCCCCCCCCCCC(=O)OC(COC(=O)CCCCCCCCCCCCCCCCCCCCCCCCCCCCCCC)COP(=O)(O)OCC[N+](C)(C)C. The van der Waals surface area contributed by atoms with Gasteiger partial charge in [-0.15, -0.1) is 0 Å². The first-order chi connectivity index (χ1) is 46.0. The molecule has 0 saturated heterocycles. The third kappa shape index (κ3) is 78.4. The van der Waals surface area contributed by atoms with E-state index >= 15 is 0 Å². The van der Waals surface area contributed by atoms with Gasteiger partial charge >= 0.3 is 19.8 Å². The number of phosphoric ester groups is 1. The number of ether oxygens (including phenoxy) is 2. The van der Waals surface area contributed by atoms with Gasteiger partial charge in [-0.1, -0.05) is 395 Å². The maximum atomic E-state index is 12.9. The number of hydrogen-bond acceptors (Lipinski definition) is 7. The van der Waals surface area contributed by atoms with Crippen LogP contribution in [-0.2, 0) is 32.7 Å². The Bertz CT molecular complexity index is 1820. The fourth-order valence-corrected chi connectivity index (χ4v) is 12.8. The summed E-state index contributed by atoms with van der Waals surface area (Å²) in [6, 6.07) is 0. The van der Waals surface area contributed by atoms with E-state index in [1.807, 2.05) is 21.1 Å².